The van der Waals surface area contributed by atoms with Crippen LogP contribution < -0.4 is 10.9 Å². The highest BCUT2D eigenvalue weighted by Crippen LogP contribution is 2.17. The van der Waals surface area contributed by atoms with Gasteiger partial charge in [-0.1, -0.05) is 17.7 Å². The quantitative estimate of drug-likeness (QED) is 0.933. The lowest BCUT2D eigenvalue weighted by Crippen LogP contribution is -2.25. The van der Waals surface area contributed by atoms with Crippen molar-refractivity contribution in [3.05, 3.63) is 51.7 Å². The highest BCUT2D eigenvalue weighted by Gasteiger charge is 2.10. The SMILES string of the molecule is CC(C)n1ncc(NCc2ccccn2)c(Cl)c1=O. The third kappa shape index (κ3) is 3.12. The van der Waals surface area contributed by atoms with Gasteiger partial charge in [0.2, 0.25) is 0 Å². The molecule has 2 rings (SSSR count). The Morgan fingerprint density at radius 2 is 2.21 bits per heavy atom. The van der Waals surface area contributed by atoms with Crippen LogP contribution in [-0.4, -0.2) is 14.8 Å². The first kappa shape index (κ1) is 13.5. The minimum absolute atomic E-state index is 0.0187. The summed E-state index contributed by atoms with van der Waals surface area (Å²) in [6, 6.07) is 5.63. The molecule has 0 aromatic carbocycles. The zero-order valence-electron chi connectivity index (χ0n) is 10.8. The molecule has 0 saturated carbocycles. The van der Waals surface area contributed by atoms with Gasteiger partial charge in [-0.05, 0) is 26.0 Å². The van der Waals surface area contributed by atoms with E-state index in [1.165, 1.54) is 4.68 Å². The second-order valence-electron chi connectivity index (χ2n) is 4.39. The predicted octanol–water partition coefficient (Wildman–Crippen LogP) is 2.48. The summed E-state index contributed by atoms with van der Waals surface area (Å²) in [6.45, 7) is 4.25. The molecule has 0 fully saturated rings. The third-order valence-corrected chi connectivity index (χ3v) is 2.98. The van der Waals surface area contributed by atoms with Gasteiger partial charge < -0.3 is 5.32 Å². The Balaban J connectivity index is 2.18. The number of halogens is 1. The monoisotopic (exact) mass is 278 g/mol. The number of nitrogens with one attached hydrogen (secondary N) is 1. The maximum absolute atomic E-state index is 12.0. The molecule has 0 spiro atoms. The molecule has 100 valence electrons. The van der Waals surface area contributed by atoms with Crippen LogP contribution in [0.25, 0.3) is 0 Å². The Morgan fingerprint density at radius 3 is 2.84 bits per heavy atom. The average Bonchev–Trinajstić information content (AvgIpc) is 2.41. The summed E-state index contributed by atoms with van der Waals surface area (Å²) in [7, 11) is 0. The Bertz CT molecular complexity index is 610. The Morgan fingerprint density at radius 1 is 1.42 bits per heavy atom. The van der Waals surface area contributed by atoms with Crippen molar-refractivity contribution in [1.82, 2.24) is 14.8 Å². The third-order valence-electron chi connectivity index (χ3n) is 2.62. The number of pyridine rings is 1. The van der Waals surface area contributed by atoms with E-state index >= 15 is 0 Å². The van der Waals surface area contributed by atoms with E-state index in [1.807, 2.05) is 32.0 Å². The first-order valence-electron chi connectivity index (χ1n) is 6.00. The summed E-state index contributed by atoms with van der Waals surface area (Å²) in [5.74, 6) is 0. The second kappa shape index (κ2) is 5.84. The molecule has 2 aromatic heterocycles. The second-order valence-corrected chi connectivity index (χ2v) is 4.77. The highest BCUT2D eigenvalue weighted by atomic mass is 35.5. The average molecular weight is 279 g/mol. The smallest absolute Gasteiger partial charge is 0.287 e. The van der Waals surface area contributed by atoms with Crippen molar-refractivity contribution in [3.63, 3.8) is 0 Å². The number of hydrogen-bond donors (Lipinski definition) is 1. The van der Waals surface area contributed by atoms with Gasteiger partial charge in [0, 0.05) is 6.20 Å². The molecule has 0 saturated heterocycles. The number of aromatic nitrogens is 3. The number of anilines is 1. The maximum Gasteiger partial charge on any atom is 0.287 e. The van der Waals surface area contributed by atoms with Crippen molar-refractivity contribution in [2.75, 3.05) is 5.32 Å². The molecule has 2 heterocycles. The van der Waals surface area contributed by atoms with Crippen LogP contribution in [0.5, 0.6) is 0 Å². The summed E-state index contributed by atoms with van der Waals surface area (Å²) in [5.41, 5.74) is 1.10. The Kier molecular flexibility index (Phi) is 4.16. The van der Waals surface area contributed by atoms with E-state index in [0.29, 0.717) is 12.2 Å². The summed E-state index contributed by atoms with van der Waals surface area (Å²) in [6.07, 6.45) is 3.28. The van der Waals surface area contributed by atoms with Crippen molar-refractivity contribution in [1.29, 1.82) is 0 Å². The lowest BCUT2D eigenvalue weighted by molar-refractivity contribution is 0.503. The predicted molar refractivity (Wildman–Crippen MR) is 75.5 cm³/mol. The van der Waals surface area contributed by atoms with Crippen LogP contribution in [0, 0.1) is 0 Å². The van der Waals surface area contributed by atoms with Crippen LogP contribution in [0.1, 0.15) is 25.6 Å². The minimum Gasteiger partial charge on any atom is -0.377 e. The number of nitrogens with zero attached hydrogens (tertiary/aromatic N) is 3. The minimum atomic E-state index is -0.289. The van der Waals surface area contributed by atoms with Gasteiger partial charge >= 0.3 is 0 Å². The van der Waals surface area contributed by atoms with Crippen LogP contribution in [0.15, 0.2) is 35.4 Å². The molecule has 1 N–H and O–H groups in total. The van der Waals surface area contributed by atoms with Gasteiger partial charge in [-0.2, -0.15) is 5.10 Å². The topological polar surface area (TPSA) is 59.8 Å². The normalized spacial score (nSPS) is 10.7. The fourth-order valence-corrected chi connectivity index (χ4v) is 1.83. The summed E-state index contributed by atoms with van der Waals surface area (Å²) >= 11 is 6.05. The zero-order chi connectivity index (χ0) is 13.8. The molecule has 0 atom stereocenters. The standard InChI is InChI=1S/C13H15ClN4O/c1-9(2)18-13(19)12(14)11(8-17-18)16-7-10-5-3-4-6-15-10/h3-6,8-9,16H,7H2,1-2H3. The fourth-order valence-electron chi connectivity index (χ4n) is 1.62. The summed E-state index contributed by atoms with van der Waals surface area (Å²) < 4.78 is 1.36. The summed E-state index contributed by atoms with van der Waals surface area (Å²) in [5, 5.41) is 7.31. The van der Waals surface area contributed by atoms with Crippen molar-refractivity contribution < 1.29 is 0 Å². The van der Waals surface area contributed by atoms with Crippen LogP contribution >= 0.6 is 11.6 Å². The first-order chi connectivity index (χ1) is 9.09. The molecule has 0 aliphatic heterocycles. The lowest BCUT2D eigenvalue weighted by atomic mass is 10.3. The fraction of sp³-hybridized carbons (Fsp3) is 0.308. The molecule has 19 heavy (non-hydrogen) atoms. The van der Waals surface area contributed by atoms with Crippen molar-refractivity contribution in [2.45, 2.75) is 26.4 Å². The van der Waals surface area contributed by atoms with Crippen LogP contribution in [0.2, 0.25) is 5.02 Å². The Labute approximate surface area is 116 Å². The van der Waals surface area contributed by atoms with E-state index in [1.54, 1.807) is 12.4 Å². The maximum atomic E-state index is 12.0. The first-order valence-corrected chi connectivity index (χ1v) is 6.38. The molecular weight excluding hydrogens is 264 g/mol. The molecule has 0 bridgehead atoms. The molecule has 0 radical (unpaired) electrons. The van der Waals surface area contributed by atoms with Gasteiger partial charge in [-0.3, -0.25) is 9.78 Å². The van der Waals surface area contributed by atoms with Crippen molar-refractivity contribution >= 4 is 17.3 Å². The number of rotatable bonds is 4. The van der Waals surface area contributed by atoms with E-state index in [2.05, 4.69) is 15.4 Å². The van der Waals surface area contributed by atoms with Gasteiger partial charge in [-0.25, -0.2) is 4.68 Å². The van der Waals surface area contributed by atoms with Gasteiger partial charge in [-0.15, -0.1) is 0 Å². The van der Waals surface area contributed by atoms with Crippen LogP contribution in [-0.2, 0) is 6.54 Å². The molecule has 0 aliphatic carbocycles. The molecule has 0 aliphatic rings. The van der Waals surface area contributed by atoms with Gasteiger partial charge in [0.15, 0.2) is 0 Å². The van der Waals surface area contributed by atoms with Crippen LogP contribution in [0.4, 0.5) is 5.69 Å². The van der Waals surface area contributed by atoms with E-state index in [9.17, 15) is 4.79 Å². The van der Waals surface area contributed by atoms with Gasteiger partial charge in [0.1, 0.15) is 5.02 Å². The Hall–Kier alpha value is -1.88. The molecule has 0 unspecified atom stereocenters. The molecule has 0 amide bonds. The van der Waals surface area contributed by atoms with E-state index in [0.717, 1.165) is 5.69 Å². The van der Waals surface area contributed by atoms with Gasteiger partial charge in [0.05, 0.1) is 30.2 Å². The lowest BCUT2D eigenvalue weighted by Gasteiger charge is -2.12. The van der Waals surface area contributed by atoms with Crippen molar-refractivity contribution in [2.24, 2.45) is 0 Å². The largest absolute Gasteiger partial charge is 0.377 e. The molecular formula is C13H15ClN4O. The molecule has 6 heteroatoms. The number of hydrogen-bond acceptors (Lipinski definition) is 4. The van der Waals surface area contributed by atoms with Gasteiger partial charge in [0.25, 0.3) is 5.56 Å². The van der Waals surface area contributed by atoms with E-state index in [4.69, 9.17) is 11.6 Å². The van der Waals surface area contributed by atoms with Crippen molar-refractivity contribution in [3.8, 4) is 0 Å². The van der Waals surface area contributed by atoms with E-state index < -0.39 is 0 Å². The van der Waals surface area contributed by atoms with Crippen LogP contribution in [0.3, 0.4) is 0 Å². The summed E-state index contributed by atoms with van der Waals surface area (Å²) in [4.78, 5) is 16.1. The zero-order valence-corrected chi connectivity index (χ0v) is 11.6. The molecule has 2 aromatic rings. The molecule has 5 nitrogen and oxygen atoms in total. The highest BCUT2D eigenvalue weighted by molar-refractivity contribution is 6.32. The van der Waals surface area contributed by atoms with E-state index in [-0.39, 0.29) is 16.6 Å².